The maximum Gasteiger partial charge on any atom is 0.219 e. The third-order valence-electron chi connectivity index (χ3n) is 3.80. The van der Waals surface area contributed by atoms with Gasteiger partial charge in [-0.1, -0.05) is 22.0 Å². The number of rotatable bonds is 3. The van der Waals surface area contributed by atoms with Crippen LogP contribution in [0, 0.1) is 0 Å². The average molecular weight is 376 g/mol. The lowest BCUT2D eigenvalue weighted by Gasteiger charge is -2.34. The minimum absolute atomic E-state index is 0.129. The van der Waals surface area contributed by atoms with Gasteiger partial charge in [-0.2, -0.15) is 0 Å². The molecule has 1 N–H and O–H groups in total. The lowest BCUT2D eigenvalue weighted by Crippen LogP contribution is -2.48. The minimum Gasteiger partial charge on any atom is -0.353 e. The number of carbonyl (C=O) groups is 1. The normalized spacial score (nSPS) is 14.7. The minimum atomic E-state index is 0.129. The molecule has 23 heavy (non-hydrogen) atoms. The summed E-state index contributed by atoms with van der Waals surface area (Å²) in [6.45, 7) is 4.64. The van der Waals surface area contributed by atoms with E-state index in [4.69, 9.17) is 0 Å². The first-order chi connectivity index (χ1) is 11.1. The van der Waals surface area contributed by atoms with Crippen LogP contribution in [0.3, 0.4) is 0 Å². The summed E-state index contributed by atoms with van der Waals surface area (Å²) in [5.41, 5.74) is 0.963. The second kappa shape index (κ2) is 6.95. The number of hydrogen-bond acceptors (Lipinski definition) is 5. The van der Waals surface area contributed by atoms with E-state index in [1.807, 2.05) is 35.2 Å². The average Bonchev–Trinajstić information content (AvgIpc) is 2.55. The van der Waals surface area contributed by atoms with Gasteiger partial charge in [-0.15, -0.1) is 0 Å². The molecule has 1 aromatic heterocycles. The van der Waals surface area contributed by atoms with E-state index in [2.05, 4.69) is 36.1 Å². The molecule has 1 saturated heterocycles. The smallest absolute Gasteiger partial charge is 0.219 e. The largest absolute Gasteiger partial charge is 0.353 e. The zero-order valence-electron chi connectivity index (χ0n) is 12.9. The monoisotopic (exact) mass is 375 g/mol. The molecule has 0 radical (unpaired) electrons. The highest BCUT2D eigenvalue weighted by Gasteiger charge is 2.19. The Morgan fingerprint density at radius 1 is 1.17 bits per heavy atom. The Kier molecular flexibility index (Phi) is 4.76. The molecule has 0 spiro atoms. The van der Waals surface area contributed by atoms with Crippen molar-refractivity contribution in [3.05, 3.63) is 41.1 Å². The quantitative estimate of drug-likeness (QED) is 0.893. The van der Waals surface area contributed by atoms with Crippen molar-refractivity contribution < 1.29 is 4.79 Å². The summed E-state index contributed by atoms with van der Waals surface area (Å²) in [6.07, 6.45) is 1.56. The molecule has 1 aliphatic heterocycles. The van der Waals surface area contributed by atoms with Gasteiger partial charge in [0, 0.05) is 49.3 Å². The molecule has 1 aromatic carbocycles. The van der Waals surface area contributed by atoms with Crippen LogP contribution in [0.5, 0.6) is 0 Å². The molecule has 2 heterocycles. The van der Waals surface area contributed by atoms with E-state index in [1.54, 1.807) is 13.3 Å². The van der Waals surface area contributed by atoms with Gasteiger partial charge in [0.05, 0.1) is 0 Å². The van der Waals surface area contributed by atoms with Crippen LogP contribution in [-0.4, -0.2) is 47.0 Å². The number of carbonyl (C=O) groups excluding carboxylic acids is 1. The molecule has 1 fully saturated rings. The molecule has 6 nitrogen and oxygen atoms in total. The van der Waals surface area contributed by atoms with E-state index in [9.17, 15) is 4.79 Å². The third-order valence-corrected chi connectivity index (χ3v) is 4.29. The second-order valence-electron chi connectivity index (χ2n) is 5.39. The number of benzene rings is 1. The maximum atomic E-state index is 11.4. The Morgan fingerprint density at radius 2 is 1.96 bits per heavy atom. The first kappa shape index (κ1) is 15.7. The van der Waals surface area contributed by atoms with Crippen molar-refractivity contribution in [1.29, 1.82) is 0 Å². The number of hydrogen-bond donors (Lipinski definition) is 1. The van der Waals surface area contributed by atoms with Crippen LogP contribution in [0.25, 0.3) is 0 Å². The molecule has 7 heteroatoms. The topological polar surface area (TPSA) is 61.4 Å². The van der Waals surface area contributed by atoms with Crippen molar-refractivity contribution in [2.24, 2.45) is 0 Å². The standard InChI is InChI=1S/C16H18BrN5O/c1-12(23)21-5-7-22(8-6-21)16-10-15(18-11-19-16)20-14-4-2-3-13(17)9-14/h2-4,9-11H,5-8H2,1H3,(H,18,19,20). The van der Waals surface area contributed by atoms with Gasteiger partial charge in [-0.25, -0.2) is 9.97 Å². The first-order valence-electron chi connectivity index (χ1n) is 7.47. The van der Waals surface area contributed by atoms with E-state index >= 15 is 0 Å². The Hall–Kier alpha value is -2.15. The number of nitrogens with zero attached hydrogens (tertiary/aromatic N) is 4. The molecule has 1 aliphatic rings. The van der Waals surface area contributed by atoms with Gasteiger partial charge in [-0.3, -0.25) is 4.79 Å². The van der Waals surface area contributed by atoms with Crippen LogP contribution in [0.2, 0.25) is 0 Å². The second-order valence-corrected chi connectivity index (χ2v) is 6.31. The van der Waals surface area contributed by atoms with Crippen LogP contribution in [-0.2, 0) is 4.79 Å². The highest BCUT2D eigenvalue weighted by molar-refractivity contribution is 9.10. The number of aromatic nitrogens is 2. The lowest BCUT2D eigenvalue weighted by molar-refractivity contribution is -0.129. The molecule has 0 bridgehead atoms. The summed E-state index contributed by atoms with van der Waals surface area (Å²) in [7, 11) is 0. The van der Waals surface area contributed by atoms with Crippen molar-refractivity contribution >= 4 is 39.2 Å². The Balaban J connectivity index is 1.69. The summed E-state index contributed by atoms with van der Waals surface area (Å²) in [5.74, 6) is 1.76. The molecule has 120 valence electrons. The van der Waals surface area contributed by atoms with Gasteiger partial charge in [0.2, 0.25) is 5.91 Å². The number of halogens is 1. The predicted octanol–water partition coefficient (Wildman–Crippen LogP) is 2.65. The van der Waals surface area contributed by atoms with Crippen molar-refractivity contribution in [3.63, 3.8) is 0 Å². The number of nitrogens with one attached hydrogen (secondary N) is 1. The van der Waals surface area contributed by atoms with Crippen LogP contribution in [0.4, 0.5) is 17.3 Å². The first-order valence-corrected chi connectivity index (χ1v) is 8.26. The molecular formula is C16H18BrN5O. The number of piperazine rings is 1. The summed E-state index contributed by atoms with van der Waals surface area (Å²) in [6, 6.07) is 9.86. The van der Waals surface area contributed by atoms with Crippen molar-refractivity contribution in [3.8, 4) is 0 Å². The van der Waals surface area contributed by atoms with Crippen molar-refractivity contribution in [1.82, 2.24) is 14.9 Å². The SMILES string of the molecule is CC(=O)N1CCN(c2cc(Nc3cccc(Br)c3)ncn2)CC1. The fourth-order valence-corrected chi connectivity index (χ4v) is 2.95. The van der Waals surface area contributed by atoms with E-state index < -0.39 is 0 Å². The number of amides is 1. The van der Waals surface area contributed by atoms with E-state index in [-0.39, 0.29) is 5.91 Å². The fraction of sp³-hybridized carbons (Fsp3) is 0.312. The summed E-state index contributed by atoms with van der Waals surface area (Å²) in [4.78, 5) is 24.1. The van der Waals surface area contributed by atoms with Gasteiger partial charge in [0.25, 0.3) is 0 Å². The molecule has 1 amide bonds. The van der Waals surface area contributed by atoms with Crippen LogP contribution in [0.1, 0.15) is 6.92 Å². The van der Waals surface area contributed by atoms with Gasteiger partial charge in [-0.05, 0) is 18.2 Å². The van der Waals surface area contributed by atoms with Crippen LogP contribution < -0.4 is 10.2 Å². The van der Waals surface area contributed by atoms with Crippen LogP contribution >= 0.6 is 15.9 Å². The lowest BCUT2D eigenvalue weighted by atomic mass is 10.3. The molecular weight excluding hydrogens is 358 g/mol. The zero-order valence-corrected chi connectivity index (χ0v) is 14.5. The van der Waals surface area contributed by atoms with E-state index in [0.29, 0.717) is 0 Å². The van der Waals surface area contributed by atoms with Crippen molar-refractivity contribution in [2.45, 2.75) is 6.92 Å². The van der Waals surface area contributed by atoms with Gasteiger partial charge in [0.15, 0.2) is 0 Å². The highest BCUT2D eigenvalue weighted by atomic mass is 79.9. The molecule has 0 unspecified atom stereocenters. The van der Waals surface area contributed by atoms with Crippen LogP contribution in [0.15, 0.2) is 41.1 Å². The molecule has 0 saturated carbocycles. The van der Waals surface area contributed by atoms with Gasteiger partial charge in [0.1, 0.15) is 18.0 Å². The van der Waals surface area contributed by atoms with E-state index in [1.165, 1.54) is 0 Å². The number of anilines is 3. The van der Waals surface area contributed by atoms with Crippen molar-refractivity contribution in [2.75, 3.05) is 36.4 Å². The van der Waals surface area contributed by atoms with E-state index in [0.717, 1.165) is 48.0 Å². The summed E-state index contributed by atoms with van der Waals surface area (Å²) in [5, 5.41) is 3.28. The zero-order chi connectivity index (χ0) is 16.2. The Labute approximate surface area is 143 Å². The third kappa shape index (κ3) is 3.98. The van der Waals surface area contributed by atoms with Gasteiger partial charge >= 0.3 is 0 Å². The summed E-state index contributed by atoms with van der Waals surface area (Å²) < 4.78 is 1.01. The predicted molar refractivity (Wildman–Crippen MR) is 93.9 cm³/mol. The molecule has 0 atom stereocenters. The maximum absolute atomic E-state index is 11.4. The highest BCUT2D eigenvalue weighted by Crippen LogP contribution is 2.22. The molecule has 3 rings (SSSR count). The Morgan fingerprint density at radius 3 is 2.65 bits per heavy atom. The Bertz CT molecular complexity index is 700. The molecule has 2 aromatic rings. The summed E-state index contributed by atoms with van der Waals surface area (Å²) >= 11 is 3.46. The fourth-order valence-electron chi connectivity index (χ4n) is 2.55. The molecule has 0 aliphatic carbocycles. The van der Waals surface area contributed by atoms with Gasteiger partial charge < -0.3 is 15.1 Å².